The molecule has 2 aromatic rings. The summed E-state index contributed by atoms with van der Waals surface area (Å²) in [5.74, 6) is -0.911. The van der Waals surface area contributed by atoms with Gasteiger partial charge in [0.2, 0.25) is 0 Å². The van der Waals surface area contributed by atoms with Crippen molar-refractivity contribution in [2.45, 2.75) is 13.0 Å². The van der Waals surface area contributed by atoms with E-state index in [-0.39, 0.29) is 12.5 Å². The van der Waals surface area contributed by atoms with Gasteiger partial charge in [-0.3, -0.25) is 9.89 Å². The summed E-state index contributed by atoms with van der Waals surface area (Å²) >= 11 is 0. The molecule has 0 saturated carbocycles. The molecule has 0 saturated heterocycles. The number of carbonyl (C=O) groups excluding carboxylic acids is 1. The molecular formula is C13H14N4O3. The van der Waals surface area contributed by atoms with Crippen LogP contribution in [-0.2, 0) is 17.8 Å². The number of carboxylic acids is 1. The Morgan fingerprint density at radius 2 is 2.15 bits per heavy atom. The van der Waals surface area contributed by atoms with Crippen molar-refractivity contribution < 1.29 is 14.7 Å². The normalized spacial score (nSPS) is 10.0. The fourth-order valence-corrected chi connectivity index (χ4v) is 1.67. The molecule has 2 amide bonds. The molecule has 0 radical (unpaired) electrons. The third-order valence-electron chi connectivity index (χ3n) is 2.55. The predicted octanol–water partition coefficient (Wildman–Crippen LogP) is 1.36. The monoisotopic (exact) mass is 274 g/mol. The Morgan fingerprint density at radius 3 is 2.85 bits per heavy atom. The zero-order valence-corrected chi connectivity index (χ0v) is 10.6. The fraction of sp³-hybridized carbons (Fsp3) is 0.154. The third kappa shape index (κ3) is 4.13. The minimum atomic E-state index is -0.911. The number of aromatic amines is 1. The Bertz CT molecular complexity index is 595. The number of urea groups is 1. The van der Waals surface area contributed by atoms with Gasteiger partial charge in [0.05, 0.1) is 12.6 Å². The van der Waals surface area contributed by atoms with Crippen molar-refractivity contribution in [1.29, 1.82) is 0 Å². The Balaban J connectivity index is 1.88. The van der Waals surface area contributed by atoms with E-state index in [2.05, 4.69) is 20.8 Å². The van der Waals surface area contributed by atoms with Crippen molar-refractivity contribution in [3.63, 3.8) is 0 Å². The van der Waals surface area contributed by atoms with Gasteiger partial charge in [0.25, 0.3) is 0 Å². The van der Waals surface area contributed by atoms with Crippen LogP contribution in [0.5, 0.6) is 0 Å². The van der Waals surface area contributed by atoms with E-state index in [0.717, 1.165) is 5.56 Å². The zero-order valence-electron chi connectivity index (χ0n) is 10.6. The number of carboxylic acid groups (broad SMARTS) is 1. The number of nitrogens with one attached hydrogen (secondary N) is 3. The first-order chi connectivity index (χ1) is 9.63. The molecule has 0 bridgehead atoms. The van der Waals surface area contributed by atoms with Crippen LogP contribution >= 0.6 is 0 Å². The van der Waals surface area contributed by atoms with Gasteiger partial charge in [0, 0.05) is 24.0 Å². The van der Waals surface area contributed by atoms with E-state index in [1.54, 1.807) is 36.7 Å². The summed E-state index contributed by atoms with van der Waals surface area (Å²) in [6, 6.07) is 6.36. The molecule has 7 nitrogen and oxygen atoms in total. The van der Waals surface area contributed by atoms with Gasteiger partial charge in [0.15, 0.2) is 0 Å². The Hall–Kier alpha value is -2.83. The Labute approximate surface area is 115 Å². The van der Waals surface area contributed by atoms with Crippen LogP contribution < -0.4 is 10.6 Å². The summed E-state index contributed by atoms with van der Waals surface area (Å²) in [7, 11) is 0. The lowest BCUT2D eigenvalue weighted by Gasteiger charge is -2.07. The minimum absolute atomic E-state index is 0.0772. The van der Waals surface area contributed by atoms with Crippen LogP contribution in [0, 0.1) is 0 Å². The van der Waals surface area contributed by atoms with Crippen molar-refractivity contribution in [2.24, 2.45) is 0 Å². The highest BCUT2D eigenvalue weighted by Crippen LogP contribution is 2.11. The first-order valence-electron chi connectivity index (χ1n) is 5.97. The van der Waals surface area contributed by atoms with Crippen LogP contribution in [0.15, 0.2) is 36.7 Å². The lowest BCUT2D eigenvalue weighted by Crippen LogP contribution is -2.28. The quantitative estimate of drug-likeness (QED) is 0.660. The molecule has 0 aliphatic rings. The molecule has 7 heteroatoms. The largest absolute Gasteiger partial charge is 0.481 e. The lowest BCUT2D eigenvalue weighted by atomic mass is 10.1. The topological polar surface area (TPSA) is 107 Å². The van der Waals surface area contributed by atoms with Crippen LogP contribution in [0.2, 0.25) is 0 Å². The second-order valence-corrected chi connectivity index (χ2v) is 4.19. The van der Waals surface area contributed by atoms with Gasteiger partial charge in [-0.1, -0.05) is 12.1 Å². The molecule has 0 spiro atoms. The van der Waals surface area contributed by atoms with Crippen LogP contribution in [0.3, 0.4) is 0 Å². The van der Waals surface area contributed by atoms with E-state index in [9.17, 15) is 9.59 Å². The predicted molar refractivity (Wildman–Crippen MR) is 72.2 cm³/mol. The molecule has 0 aliphatic carbocycles. The highest BCUT2D eigenvalue weighted by atomic mass is 16.4. The SMILES string of the molecule is O=C(O)Cc1cccc(NC(=O)NCc2cn[nH]c2)c1. The molecule has 0 unspecified atom stereocenters. The second-order valence-electron chi connectivity index (χ2n) is 4.19. The molecule has 0 fully saturated rings. The molecule has 4 N–H and O–H groups in total. The fourth-order valence-electron chi connectivity index (χ4n) is 1.67. The first kappa shape index (κ1) is 13.6. The van der Waals surface area contributed by atoms with Crippen LogP contribution in [0.25, 0.3) is 0 Å². The molecule has 0 aliphatic heterocycles. The van der Waals surface area contributed by atoms with Crippen molar-refractivity contribution in [3.05, 3.63) is 47.8 Å². The van der Waals surface area contributed by atoms with Gasteiger partial charge in [-0.25, -0.2) is 4.79 Å². The van der Waals surface area contributed by atoms with E-state index < -0.39 is 5.97 Å². The summed E-state index contributed by atoms with van der Waals surface area (Å²) in [4.78, 5) is 22.3. The van der Waals surface area contributed by atoms with Crippen LogP contribution in [0.4, 0.5) is 10.5 Å². The number of nitrogens with zero attached hydrogens (tertiary/aromatic N) is 1. The van der Waals surface area contributed by atoms with E-state index in [1.807, 2.05) is 0 Å². The summed E-state index contributed by atoms with van der Waals surface area (Å²) in [5.41, 5.74) is 2.04. The van der Waals surface area contributed by atoms with Crippen molar-refractivity contribution in [3.8, 4) is 0 Å². The second kappa shape index (κ2) is 6.37. The summed E-state index contributed by atoms with van der Waals surface area (Å²) in [5, 5.41) is 20.5. The van der Waals surface area contributed by atoms with E-state index >= 15 is 0 Å². The molecule has 1 heterocycles. The smallest absolute Gasteiger partial charge is 0.319 e. The number of hydrogen-bond acceptors (Lipinski definition) is 3. The average Bonchev–Trinajstić information content (AvgIpc) is 2.89. The highest BCUT2D eigenvalue weighted by Gasteiger charge is 2.05. The molecule has 20 heavy (non-hydrogen) atoms. The summed E-state index contributed by atoms with van der Waals surface area (Å²) < 4.78 is 0. The van der Waals surface area contributed by atoms with Gasteiger partial charge in [-0.05, 0) is 17.7 Å². The molecule has 1 aromatic heterocycles. The maximum Gasteiger partial charge on any atom is 0.319 e. The average molecular weight is 274 g/mol. The molecule has 0 atom stereocenters. The Morgan fingerprint density at radius 1 is 1.30 bits per heavy atom. The molecule has 2 rings (SSSR count). The number of H-pyrrole nitrogens is 1. The maximum atomic E-state index is 11.7. The van der Waals surface area contributed by atoms with Gasteiger partial charge < -0.3 is 15.7 Å². The van der Waals surface area contributed by atoms with Gasteiger partial charge in [0.1, 0.15) is 0 Å². The highest BCUT2D eigenvalue weighted by molar-refractivity contribution is 5.89. The summed E-state index contributed by atoms with van der Waals surface area (Å²) in [6.07, 6.45) is 3.23. The minimum Gasteiger partial charge on any atom is -0.481 e. The number of aromatic nitrogens is 2. The van der Waals surface area contributed by atoms with Crippen molar-refractivity contribution >= 4 is 17.7 Å². The molecular weight excluding hydrogens is 260 g/mol. The van der Waals surface area contributed by atoms with Crippen LogP contribution in [-0.4, -0.2) is 27.3 Å². The van der Waals surface area contributed by atoms with Gasteiger partial charge >= 0.3 is 12.0 Å². The number of carbonyl (C=O) groups is 2. The number of hydrogen-bond donors (Lipinski definition) is 4. The van der Waals surface area contributed by atoms with E-state index in [1.165, 1.54) is 0 Å². The number of benzene rings is 1. The maximum absolute atomic E-state index is 11.7. The van der Waals surface area contributed by atoms with Gasteiger partial charge in [-0.15, -0.1) is 0 Å². The van der Waals surface area contributed by atoms with E-state index in [0.29, 0.717) is 17.8 Å². The summed E-state index contributed by atoms with van der Waals surface area (Å²) in [6.45, 7) is 0.358. The van der Waals surface area contributed by atoms with Crippen molar-refractivity contribution in [2.75, 3.05) is 5.32 Å². The first-order valence-corrected chi connectivity index (χ1v) is 5.97. The number of aliphatic carboxylic acids is 1. The van der Waals surface area contributed by atoms with E-state index in [4.69, 9.17) is 5.11 Å². The number of amides is 2. The third-order valence-corrected chi connectivity index (χ3v) is 2.55. The van der Waals surface area contributed by atoms with Crippen molar-refractivity contribution in [1.82, 2.24) is 15.5 Å². The molecule has 104 valence electrons. The number of rotatable bonds is 5. The van der Waals surface area contributed by atoms with Gasteiger partial charge in [-0.2, -0.15) is 5.10 Å². The van der Waals surface area contributed by atoms with Crippen LogP contribution in [0.1, 0.15) is 11.1 Å². The standard InChI is InChI=1S/C13H14N4O3/c18-12(19)5-9-2-1-3-11(4-9)17-13(20)14-6-10-7-15-16-8-10/h1-4,7-8H,5-6H2,(H,15,16)(H,18,19)(H2,14,17,20). The zero-order chi connectivity index (χ0) is 14.4. The number of anilines is 1. The lowest BCUT2D eigenvalue weighted by molar-refractivity contribution is -0.136. The molecule has 1 aromatic carbocycles. The Kier molecular flexibility index (Phi) is 4.33.